The zero-order valence-electron chi connectivity index (χ0n) is 18.2. The maximum absolute atomic E-state index is 13.1. The van der Waals surface area contributed by atoms with E-state index in [9.17, 15) is 4.79 Å². The van der Waals surface area contributed by atoms with Crippen molar-refractivity contribution in [3.05, 3.63) is 75.2 Å². The molecule has 0 saturated heterocycles. The average Bonchev–Trinajstić information content (AvgIpc) is 3.17. The molecule has 0 fully saturated rings. The number of aliphatic imine (C=N–C) groups is 1. The van der Waals surface area contributed by atoms with Gasteiger partial charge < -0.3 is 20.9 Å². The predicted octanol–water partition coefficient (Wildman–Crippen LogP) is 4.08. The molecule has 0 aliphatic rings. The van der Waals surface area contributed by atoms with Crippen LogP contribution >= 0.6 is 23.2 Å². The molecular formula is C22H28Cl2N6O. The molecule has 1 aromatic heterocycles. The zero-order valence-corrected chi connectivity index (χ0v) is 19.7. The van der Waals surface area contributed by atoms with Gasteiger partial charge in [0, 0.05) is 26.0 Å². The predicted molar refractivity (Wildman–Crippen MR) is 127 cm³/mol. The van der Waals surface area contributed by atoms with E-state index in [0.29, 0.717) is 28.0 Å². The van der Waals surface area contributed by atoms with E-state index >= 15 is 0 Å². The second kappa shape index (κ2) is 11.6. The number of halogens is 2. The van der Waals surface area contributed by atoms with Gasteiger partial charge in [0.25, 0.3) is 5.91 Å². The number of allylic oxidation sites excluding steroid dienone is 1. The van der Waals surface area contributed by atoms with Gasteiger partial charge >= 0.3 is 0 Å². The van der Waals surface area contributed by atoms with Gasteiger partial charge in [0.15, 0.2) is 0 Å². The summed E-state index contributed by atoms with van der Waals surface area (Å²) in [6.45, 7) is 6.45. The Bertz CT molecular complexity index is 1020. The Balaban J connectivity index is 2.19. The zero-order chi connectivity index (χ0) is 23.0. The third-order valence-electron chi connectivity index (χ3n) is 4.79. The van der Waals surface area contributed by atoms with Crippen molar-refractivity contribution in [1.82, 2.24) is 20.2 Å². The molecule has 0 atom stereocenters. The van der Waals surface area contributed by atoms with Crippen LogP contribution in [-0.4, -0.2) is 21.2 Å². The Labute approximate surface area is 193 Å². The summed E-state index contributed by atoms with van der Waals surface area (Å²) >= 11 is 12.1. The van der Waals surface area contributed by atoms with Gasteiger partial charge in [-0.1, -0.05) is 36.2 Å². The second-order valence-electron chi connectivity index (χ2n) is 7.03. The number of hydrogen-bond donors (Lipinski definition) is 3. The number of aryl methyl sites for hydroxylation is 1. The number of aromatic nitrogens is 2. The lowest BCUT2D eigenvalue weighted by Gasteiger charge is -2.17. The fourth-order valence-corrected chi connectivity index (χ4v) is 2.97. The standard InChI is InChI=1S/C22H28Cl2N6O/c1-5-14(2)21(28-12-16-6-7-17(23)18(24)10-16)29-22(31)20(15(3)11-25)27-13-19-26-8-9-30(19)4/h6-11,28H,5,12-13,25H2,1-4H3,(H,29,31)/b15-11-,21-14?,27-20?. The maximum Gasteiger partial charge on any atom is 0.275 e. The largest absolute Gasteiger partial charge is 0.404 e. The molecule has 0 saturated carbocycles. The first-order valence-corrected chi connectivity index (χ1v) is 10.6. The van der Waals surface area contributed by atoms with Gasteiger partial charge in [-0.15, -0.1) is 0 Å². The normalized spacial score (nSPS) is 13.1. The number of nitrogens with one attached hydrogen (secondary N) is 2. The molecule has 9 heteroatoms. The quantitative estimate of drug-likeness (QED) is 0.489. The van der Waals surface area contributed by atoms with Crippen LogP contribution in [0.1, 0.15) is 38.6 Å². The van der Waals surface area contributed by atoms with Crippen molar-refractivity contribution in [3.8, 4) is 0 Å². The van der Waals surface area contributed by atoms with Gasteiger partial charge in [0.2, 0.25) is 0 Å². The summed E-state index contributed by atoms with van der Waals surface area (Å²) in [5.41, 5.74) is 8.43. The Kier molecular flexibility index (Phi) is 9.15. The van der Waals surface area contributed by atoms with Gasteiger partial charge in [-0.2, -0.15) is 0 Å². The van der Waals surface area contributed by atoms with Crippen LogP contribution in [0, 0.1) is 0 Å². The van der Waals surface area contributed by atoms with Crippen molar-refractivity contribution in [1.29, 1.82) is 0 Å². The van der Waals surface area contributed by atoms with Crippen LogP contribution in [0.4, 0.5) is 0 Å². The van der Waals surface area contributed by atoms with E-state index in [1.807, 2.05) is 37.7 Å². The van der Waals surface area contributed by atoms with E-state index in [1.165, 1.54) is 6.20 Å². The van der Waals surface area contributed by atoms with E-state index in [-0.39, 0.29) is 18.2 Å². The molecule has 2 rings (SSSR count). The third kappa shape index (κ3) is 6.87. The first-order valence-electron chi connectivity index (χ1n) is 9.85. The van der Waals surface area contributed by atoms with Crippen molar-refractivity contribution in [2.24, 2.45) is 17.8 Å². The minimum atomic E-state index is -0.349. The lowest BCUT2D eigenvalue weighted by Crippen LogP contribution is -2.37. The SMILES string of the molecule is CCC(C)=C(NCc1ccc(Cl)c(Cl)c1)NC(=O)C(=NCc1nccn1C)/C(C)=C\N. The Morgan fingerprint density at radius 1 is 1.29 bits per heavy atom. The summed E-state index contributed by atoms with van der Waals surface area (Å²) in [6, 6.07) is 5.41. The topological polar surface area (TPSA) is 97.3 Å². The highest BCUT2D eigenvalue weighted by molar-refractivity contribution is 6.45. The monoisotopic (exact) mass is 462 g/mol. The second-order valence-corrected chi connectivity index (χ2v) is 7.85. The Morgan fingerprint density at radius 2 is 2.03 bits per heavy atom. The lowest BCUT2D eigenvalue weighted by atomic mass is 10.1. The molecule has 0 spiro atoms. The minimum Gasteiger partial charge on any atom is -0.404 e. The van der Waals surface area contributed by atoms with Gasteiger partial charge in [-0.25, -0.2) is 4.98 Å². The molecule has 0 bridgehead atoms. The van der Waals surface area contributed by atoms with Crippen molar-refractivity contribution in [3.63, 3.8) is 0 Å². The maximum atomic E-state index is 13.1. The molecule has 0 unspecified atom stereocenters. The molecule has 1 aromatic carbocycles. The Morgan fingerprint density at radius 3 is 2.61 bits per heavy atom. The van der Waals surface area contributed by atoms with Crippen molar-refractivity contribution >= 4 is 34.8 Å². The van der Waals surface area contributed by atoms with Crippen LogP contribution in [-0.2, 0) is 24.9 Å². The van der Waals surface area contributed by atoms with E-state index in [1.54, 1.807) is 25.3 Å². The van der Waals surface area contributed by atoms with Crippen LogP contribution in [0.25, 0.3) is 0 Å². The van der Waals surface area contributed by atoms with Gasteiger partial charge in [-0.3, -0.25) is 9.79 Å². The molecule has 0 radical (unpaired) electrons. The number of rotatable bonds is 9. The van der Waals surface area contributed by atoms with E-state index in [0.717, 1.165) is 23.4 Å². The summed E-state index contributed by atoms with van der Waals surface area (Å²) in [7, 11) is 1.88. The van der Waals surface area contributed by atoms with Crippen LogP contribution in [0.2, 0.25) is 10.0 Å². The summed E-state index contributed by atoms with van der Waals surface area (Å²) in [5.74, 6) is 1.01. The van der Waals surface area contributed by atoms with E-state index in [2.05, 4.69) is 20.6 Å². The number of amides is 1. The number of hydrogen-bond acceptors (Lipinski definition) is 5. The molecule has 0 aliphatic heterocycles. The molecule has 0 aliphatic carbocycles. The van der Waals surface area contributed by atoms with Gasteiger partial charge in [0.05, 0.1) is 16.6 Å². The molecular weight excluding hydrogens is 435 g/mol. The summed E-state index contributed by atoms with van der Waals surface area (Å²) < 4.78 is 1.85. The van der Waals surface area contributed by atoms with Crippen molar-refractivity contribution < 1.29 is 4.79 Å². The van der Waals surface area contributed by atoms with Crippen molar-refractivity contribution in [2.75, 3.05) is 0 Å². The van der Waals surface area contributed by atoms with Crippen LogP contribution in [0.5, 0.6) is 0 Å². The van der Waals surface area contributed by atoms with E-state index < -0.39 is 0 Å². The smallest absolute Gasteiger partial charge is 0.275 e. The molecule has 2 aromatic rings. The van der Waals surface area contributed by atoms with Crippen LogP contribution in [0.15, 0.2) is 58.8 Å². The number of imidazole rings is 1. The van der Waals surface area contributed by atoms with Gasteiger partial charge in [0.1, 0.15) is 17.4 Å². The molecule has 31 heavy (non-hydrogen) atoms. The summed E-state index contributed by atoms with van der Waals surface area (Å²) in [6.07, 6.45) is 5.65. The minimum absolute atomic E-state index is 0.253. The fourth-order valence-electron chi connectivity index (χ4n) is 2.64. The number of carbonyl (C=O) groups excluding carboxylic acids is 1. The Hall–Kier alpha value is -2.77. The van der Waals surface area contributed by atoms with Crippen LogP contribution in [0.3, 0.4) is 0 Å². The summed E-state index contributed by atoms with van der Waals surface area (Å²) in [4.78, 5) is 21.8. The molecule has 7 nitrogen and oxygen atoms in total. The number of carbonyl (C=O) groups is 1. The average molecular weight is 463 g/mol. The first kappa shape index (κ1) is 24.5. The number of benzene rings is 1. The highest BCUT2D eigenvalue weighted by atomic mass is 35.5. The van der Waals surface area contributed by atoms with Crippen LogP contribution < -0.4 is 16.4 Å². The third-order valence-corrected chi connectivity index (χ3v) is 5.53. The van der Waals surface area contributed by atoms with Crippen molar-refractivity contribution in [2.45, 2.75) is 40.3 Å². The molecule has 1 heterocycles. The first-order chi connectivity index (χ1) is 14.8. The molecule has 4 N–H and O–H groups in total. The number of nitrogens with two attached hydrogens (primary N) is 1. The lowest BCUT2D eigenvalue weighted by molar-refractivity contribution is -0.114. The molecule has 1 amide bonds. The molecule has 166 valence electrons. The van der Waals surface area contributed by atoms with E-state index in [4.69, 9.17) is 28.9 Å². The number of nitrogens with zero attached hydrogens (tertiary/aromatic N) is 3. The summed E-state index contributed by atoms with van der Waals surface area (Å²) in [5, 5.41) is 7.20. The fraction of sp³-hybridized carbons (Fsp3) is 0.318. The highest BCUT2D eigenvalue weighted by Crippen LogP contribution is 2.22. The highest BCUT2D eigenvalue weighted by Gasteiger charge is 2.16. The van der Waals surface area contributed by atoms with Gasteiger partial charge in [-0.05, 0) is 55.3 Å².